The highest BCUT2D eigenvalue weighted by atomic mass is 79.9. The van der Waals surface area contributed by atoms with Crippen LogP contribution < -0.4 is 5.32 Å². The third kappa shape index (κ3) is 3.22. The molecule has 0 aliphatic carbocycles. The number of hydrogen-bond acceptors (Lipinski definition) is 1. The molecule has 0 radical (unpaired) electrons. The Balaban J connectivity index is 2.31. The number of rotatable bonds is 4. The third-order valence-electron chi connectivity index (χ3n) is 3.12. The summed E-state index contributed by atoms with van der Waals surface area (Å²) in [6.07, 6.45) is 0.354. The van der Waals surface area contributed by atoms with Gasteiger partial charge in [-0.25, -0.2) is 13.2 Å². The minimum absolute atomic E-state index is 0.338. The highest BCUT2D eigenvalue weighted by Gasteiger charge is 2.18. The van der Waals surface area contributed by atoms with Gasteiger partial charge in [-0.2, -0.15) is 0 Å². The standard InChI is InChI=1S/C15H13BrF3N/c1-20-14(15-10(16)3-2-4-12(15)18)8-9-5-6-11(17)13(19)7-9/h2-7,14,20H,8H2,1H3. The zero-order valence-electron chi connectivity index (χ0n) is 10.8. The van der Waals surface area contributed by atoms with Gasteiger partial charge in [-0.1, -0.05) is 28.1 Å². The van der Waals surface area contributed by atoms with Crippen molar-refractivity contribution in [2.24, 2.45) is 0 Å². The maximum absolute atomic E-state index is 13.9. The van der Waals surface area contributed by atoms with Crippen LogP contribution >= 0.6 is 15.9 Å². The van der Waals surface area contributed by atoms with Crippen LogP contribution in [-0.2, 0) is 6.42 Å². The summed E-state index contributed by atoms with van der Waals surface area (Å²) in [4.78, 5) is 0. The molecule has 0 heterocycles. The molecule has 0 aliphatic heterocycles. The Morgan fingerprint density at radius 2 is 1.80 bits per heavy atom. The fourth-order valence-corrected chi connectivity index (χ4v) is 2.71. The van der Waals surface area contributed by atoms with E-state index in [4.69, 9.17) is 0 Å². The molecule has 1 N–H and O–H groups in total. The zero-order chi connectivity index (χ0) is 14.7. The van der Waals surface area contributed by atoms with Crippen molar-refractivity contribution in [3.8, 4) is 0 Å². The Kier molecular flexibility index (Phi) is 4.83. The van der Waals surface area contributed by atoms with Crippen LogP contribution in [0.2, 0.25) is 0 Å². The molecule has 2 aromatic carbocycles. The highest BCUT2D eigenvalue weighted by Crippen LogP contribution is 2.28. The summed E-state index contributed by atoms with van der Waals surface area (Å²) < 4.78 is 40.7. The van der Waals surface area contributed by atoms with Crippen molar-refractivity contribution in [2.45, 2.75) is 12.5 Å². The fraction of sp³-hybridized carbons (Fsp3) is 0.200. The number of nitrogens with one attached hydrogen (secondary N) is 1. The zero-order valence-corrected chi connectivity index (χ0v) is 12.3. The van der Waals surface area contributed by atoms with Gasteiger partial charge in [-0.15, -0.1) is 0 Å². The summed E-state index contributed by atoms with van der Waals surface area (Å²) in [6, 6.07) is 8.09. The van der Waals surface area contributed by atoms with E-state index < -0.39 is 11.6 Å². The van der Waals surface area contributed by atoms with Crippen LogP contribution in [0.3, 0.4) is 0 Å². The topological polar surface area (TPSA) is 12.0 Å². The van der Waals surface area contributed by atoms with Gasteiger partial charge < -0.3 is 5.32 Å². The van der Waals surface area contributed by atoms with Crippen LogP contribution in [0.1, 0.15) is 17.2 Å². The van der Waals surface area contributed by atoms with Crippen molar-refractivity contribution < 1.29 is 13.2 Å². The summed E-state index contributed by atoms with van der Waals surface area (Å²) in [5.41, 5.74) is 1.07. The van der Waals surface area contributed by atoms with Crippen molar-refractivity contribution in [3.63, 3.8) is 0 Å². The lowest BCUT2D eigenvalue weighted by Crippen LogP contribution is -2.20. The molecule has 0 saturated heterocycles. The average molecular weight is 344 g/mol. The van der Waals surface area contributed by atoms with Crippen LogP contribution in [0.15, 0.2) is 40.9 Å². The van der Waals surface area contributed by atoms with Gasteiger partial charge in [0.05, 0.1) is 0 Å². The molecule has 0 spiro atoms. The van der Waals surface area contributed by atoms with Gasteiger partial charge in [0.2, 0.25) is 0 Å². The average Bonchev–Trinajstić information content (AvgIpc) is 2.41. The van der Waals surface area contributed by atoms with Crippen molar-refractivity contribution in [1.29, 1.82) is 0 Å². The van der Waals surface area contributed by atoms with E-state index in [1.807, 2.05) is 0 Å². The van der Waals surface area contributed by atoms with Gasteiger partial charge in [0, 0.05) is 16.1 Å². The molecule has 5 heteroatoms. The number of benzene rings is 2. The smallest absolute Gasteiger partial charge is 0.159 e. The van der Waals surface area contributed by atoms with E-state index in [-0.39, 0.29) is 11.9 Å². The van der Waals surface area contributed by atoms with Crippen molar-refractivity contribution in [2.75, 3.05) is 7.05 Å². The van der Waals surface area contributed by atoms with Crippen LogP contribution in [0, 0.1) is 17.5 Å². The lowest BCUT2D eigenvalue weighted by Gasteiger charge is -2.19. The van der Waals surface area contributed by atoms with E-state index in [1.54, 1.807) is 19.2 Å². The Bertz CT molecular complexity index is 596. The first-order valence-corrected chi connectivity index (χ1v) is 6.87. The molecule has 1 unspecified atom stereocenters. The second-order valence-corrected chi connectivity index (χ2v) is 5.28. The molecule has 0 amide bonds. The van der Waals surface area contributed by atoms with Crippen molar-refractivity contribution in [1.82, 2.24) is 5.32 Å². The van der Waals surface area contributed by atoms with Gasteiger partial charge in [0.1, 0.15) is 5.82 Å². The normalized spacial score (nSPS) is 12.4. The molecule has 0 saturated carbocycles. The molecule has 1 atom stereocenters. The van der Waals surface area contributed by atoms with Crippen molar-refractivity contribution in [3.05, 3.63) is 69.4 Å². The van der Waals surface area contributed by atoms with E-state index in [0.29, 0.717) is 22.0 Å². The van der Waals surface area contributed by atoms with Gasteiger partial charge >= 0.3 is 0 Å². The summed E-state index contributed by atoms with van der Waals surface area (Å²) in [7, 11) is 1.70. The summed E-state index contributed by atoms with van der Waals surface area (Å²) in [5, 5.41) is 3.00. The number of hydrogen-bond donors (Lipinski definition) is 1. The van der Waals surface area contributed by atoms with E-state index in [1.165, 1.54) is 12.1 Å². The van der Waals surface area contributed by atoms with Crippen LogP contribution in [0.4, 0.5) is 13.2 Å². The molecule has 0 aromatic heterocycles. The van der Waals surface area contributed by atoms with Crippen LogP contribution in [0.25, 0.3) is 0 Å². The predicted octanol–water partition coefficient (Wildman–Crippen LogP) is 4.37. The second-order valence-electron chi connectivity index (χ2n) is 4.43. The van der Waals surface area contributed by atoms with E-state index in [0.717, 1.165) is 12.1 Å². The first-order chi connectivity index (χ1) is 9.52. The number of likely N-dealkylation sites (N-methyl/N-ethyl adjacent to an activating group) is 1. The number of halogens is 4. The van der Waals surface area contributed by atoms with Gasteiger partial charge in [0.25, 0.3) is 0 Å². The molecule has 2 rings (SSSR count). The van der Waals surface area contributed by atoms with Gasteiger partial charge in [0.15, 0.2) is 11.6 Å². The maximum atomic E-state index is 13.9. The Morgan fingerprint density at radius 1 is 1.05 bits per heavy atom. The van der Waals surface area contributed by atoms with Crippen molar-refractivity contribution >= 4 is 15.9 Å². The monoisotopic (exact) mass is 343 g/mol. The Hall–Kier alpha value is -1.33. The molecule has 1 nitrogen and oxygen atoms in total. The molecule has 20 heavy (non-hydrogen) atoms. The molecule has 0 fully saturated rings. The highest BCUT2D eigenvalue weighted by molar-refractivity contribution is 9.10. The SMILES string of the molecule is CNC(Cc1ccc(F)c(F)c1)c1c(F)cccc1Br. The Morgan fingerprint density at radius 3 is 2.40 bits per heavy atom. The lowest BCUT2D eigenvalue weighted by atomic mass is 9.98. The van der Waals surface area contributed by atoms with E-state index in [2.05, 4.69) is 21.2 Å². The minimum atomic E-state index is -0.898. The first-order valence-electron chi connectivity index (χ1n) is 6.08. The molecular formula is C15H13BrF3N. The lowest BCUT2D eigenvalue weighted by molar-refractivity contribution is 0.501. The van der Waals surface area contributed by atoms with Gasteiger partial charge in [-0.3, -0.25) is 0 Å². The summed E-state index contributed by atoms with van der Waals surface area (Å²) in [6.45, 7) is 0. The molecule has 0 bridgehead atoms. The molecular weight excluding hydrogens is 331 g/mol. The molecule has 106 valence electrons. The quantitative estimate of drug-likeness (QED) is 0.869. The molecule has 0 aliphatic rings. The molecule has 2 aromatic rings. The maximum Gasteiger partial charge on any atom is 0.159 e. The van der Waals surface area contributed by atoms with E-state index >= 15 is 0 Å². The predicted molar refractivity (Wildman–Crippen MR) is 76.0 cm³/mol. The largest absolute Gasteiger partial charge is 0.313 e. The summed E-state index contributed by atoms with van der Waals surface area (Å²) >= 11 is 3.31. The van der Waals surface area contributed by atoms with Gasteiger partial charge in [-0.05, 0) is 43.3 Å². The van der Waals surface area contributed by atoms with E-state index in [9.17, 15) is 13.2 Å². The first kappa shape index (κ1) is 15.1. The van der Waals surface area contributed by atoms with Crippen LogP contribution in [-0.4, -0.2) is 7.05 Å². The minimum Gasteiger partial charge on any atom is -0.313 e. The van der Waals surface area contributed by atoms with Crippen LogP contribution in [0.5, 0.6) is 0 Å². The second kappa shape index (κ2) is 6.41. The Labute approximate surface area is 123 Å². The summed E-state index contributed by atoms with van der Waals surface area (Å²) in [5.74, 6) is -2.13. The fourth-order valence-electron chi connectivity index (χ4n) is 2.09. The third-order valence-corrected chi connectivity index (χ3v) is 3.81.